The summed E-state index contributed by atoms with van der Waals surface area (Å²) in [5.74, 6) is -0.592. The molecular formula is C14H27N3O4. The Hall–Kier alpha value is -1.34. The highest BCUT2D eigenvalue weighted by Gasteiger charge is 2.26. The van der Waals surface area contributed by atoms with Gasteiger partial charge in [-0.05, 0) is 45.8 Å². The molecule has 1 rings (SSSR count). The van der Waals surface area contributed by atoms with Crippen LogP contribution in [0.5, 0.6) is 0 Å². The summed E-state index contributed by atoms with van der Waals surface area (Å²) < 4.78 is 0. The quantitative estimate of drug-likeness (QED) is 0.651. The summed E-state index contributed by atoms with van der Waals surface area (Å²) in [5.41, 5.74) is -1.43. The van der Waals surface area contributed by atoms with Gasteiger partial charge in [-0.1, -0.05) is 0 Å². The first-order valence-electron chi connectivity index (χ1n) is 7.31. The molecule has 0 saturated carbocycles. The lowest BCUT2D eigenvalue weighted by atomic mass is 9.97. The molecule has 1 fully saturated rings. The number of urea groups is 1. The summed E-state index contributed by atoms with van der Waals surface area (Å²) in [6.45, 7) is 4.11. The van der Waals surface area contributed by atoms with Gasteiger partial charge in [0, 0.05) is 20.1 Å². The van der Waals surface area contributed by atoms with Gasteiger partial charge in [-0.25, -0.2) is 4.79 Å². The number of carbonyl (C=O) groups excluding carboxylic acids is 1. The van der Waals surface area contributed by atoms with Crippen LogP contribution in [0, 0.1) is 5.92 Å². The van der Waals surface area contributed by atoms with E-state index in [1.165, 1.54) is 6.92 Å². The van der Waals surface area contributed by atoms with E-state index in [-0.39, 0.29) is 12.6 Å². The molecule has 0 radical (unpaired) electrons. The van der Waals surface area contributed by atoms with Crippen LogP contribution in [0.25, 0.3) is 0 Å². The minimum Gasteiger partial charge on any atom is -0.481 e. The topological polar surface area (TPSA) is 93.1 Å². The lowest BCUT2D eigenvalue weighted by molar-refractivity contribution is -0.141. The fourth-order valence-corrected chi connectivity index (χ4v) is 2.50. The van der Waals surface area contributed by atoms with Gasteiger partial charge in [-0.2, -0.15) is 0 Å². The van der Waals surface area contributed by atoms with E-state index < -0.39 is 18.0 Å². The second-order valence-electron chi connectivity index (χ2n) is 6.35. The first-order chi connectivity index (χ1) is 9.69. The van der Waals surface area contributed by atoms with Crippen LogP contribution in [0.3, 0.4) is 0 Å². The number of nitrogens with one attached hydrogen (secondary N) is 1. The van der Waals surface area contributed by atoms with Crippen LogP contribution in [0.1, 0.15) is 26.2 Å². The Kier molecular flexibility index (Phi) is 6.42. The molecule has 0 bridgehead atoms. The van der Waals surface area contributed by atoms with Crippen molar-refractivity contribution < 1.29 is 19.8 Å². The number of likely N-dealkylation sites (tertiary alicyclic amines) is 1. The molecule has 21 heavy (non-hydrogen) atoms. The molecule has 1 saturated heterocycles. The second kappa shape index (κ2) is 7.61. The number of hydrogen-bond donors (Lipinski definition) is 3. The number of piperidine rings is 1. The first kappa shape index (κ1) is 17.7. The van der Waals surface area contributed by atoms with E-state index in [0.29, 0.717) is 12.5 Å². The Morgan fingerprint density at radius 1 is 1.38 bits per heavy atom. The van der Waals surface area contributed by atoms with Crippen LogP contribution in [-0.4, -0.2) is 77.9 Å². The molecular weight excluding hydrogens is 274 g/mol. The lowest BCUT2D eigenvalue weighted by Gasteiger charge is -2.32. The normalized spacial score (nSPS) is 19.8. The van der Waals surface area contributed by atoms with E-state index in [1.54, 1.807) is 11.9 Å². The van der Waals surface area contributed by atoms with Gasteiger partial charge in [0.15, 0.2) is 0 Å². The zero-order valence-corrected chi connectivity index (χ0v) is 13.1. The van der Waals surface area contributed by atoms with Crippen LogP contribution in [0.15, 0.2) is 0 Å². The van der Waals surface area contributed by atoms with Crippen LogP contribution >= 0.6 is 0 Å². The molecule has 0 aromatic carbocycles. The Labute approximate surface area is 125 Å². The largest absolute Gasteiger partial charge is 0.481 e. The van der Waals surface area contributed by atoms with Gasteiger partial charge in [-0.3, -0.25) is 4.79 Å². The number of nitrogens with zero attached hydrogens (tertiary/aromatic N) is 2. The summed E-state index contributed by atoms with van der Waals surface area (Å²) in [4.78, 5) is 26.4. The third-order valence-electron chi connectivity index (χ3n) is 3.87. The maximum Gasteiger partial charge on any atom is 0.317 e. The van der Waals surface area contributed by atoms with Gasteiger partial charge < -0.3 is 25.3 Å². The van der Waals surface area contributed by atoms with E-state index in [0.717, 1.165) is 25.9 Å². The highest BCUT2D eigenvalue weighted by Crippen LogP contribution is 2.16. The molecule has 7 nitrogen and oxygen atoms in total. The SMILES string of the molecule is CN1CCC(CN(C)C(=O)NCC(C)(O)CC(=O)O)CC1. The van der Waals surface area contributed by atoms with Gasteiger partial charge >= 0.3 is 12.0 Å². The molecule has 122 valence electrons. The number of amides is 2. The molecule has 1 aliphatic rings. The number of carbonyl (C=O) groups is 2. The van der Waals surface area contributed by atoms with Crippen molar-refractivity contribution >= 4 is 12.0 Å². The number of aliphatic carboxylic acids is 1. The highest BCUT2D eigenvalue weighted by atomic mass is 16.4. The maximum atomic E-state index is 12.0. The molecule has 1 atom stereocenters. The van der Waals surface area contributed by atoms with Crippen LogP contribution < -0.4 is 5.32 Å². The van der Waals surface area contributed by atoms with Crippen molar-refractivity contribution in [3.8, 4) is 0 Å². The van der Waals surface area contributed by atoms with Crippen molar-refractivity contribution in [2.75, 3.05) is 40.3 Å². The summed E-state index contributed by atoms with van der Waals surface area (Å²) in [6.07, 6.45) is 1.75. The zero-order chi connectivity index (χ0) is 16.0. The summed E-state index contributed by atoms with van der Waals surface area (Å²) in [7, 11) is 3.82. The molecule has 1 heterocycles. The van der Waals surface area contributed by atoms with Crippen molar-refractivity contribution in [1.29, 1.82) is 0 Å². The molecule has 0 spiro atoms. The van der Waals surface area contributed by atoms with Crippen molar-refractivity contribution in [3.63, 3.8) is 0 Å². The Balaban J connectivity index is 2.32. The highest BCUT2D eigenvalue weighted by molar-refractivity contribution is 5.74. The standard InChI is InChI=1S/C14H27N3O4/c1-14(21,8-12(18)19)10-15-13(20)17(3)9-11-4-6-16(2)7-5-11/h11,21H,4-10H2,1-3H3,(H,15,20)(H,18,19). The molecule has 1 unspecified atom stereocenters. The smallest absolute Gasteiger partial charge is 0.317 e. The summed E-state index contributed by atoms with van der Waals surface area (Å²) in [6, 6.07) is -0.278. The first-order valence-corrected chi connectivity index (χ1v) is 7.31. The molecule has 3 N–H and O–H groups in total. The Morgan fingerprint density at radius 2 is 1.95 bits per heavy atom. The molecule has 0 aromatic rings. The molecule has 0 aromatic heterocycles. The average molecular weight is 301 g/mol. The summed E-state index contributed by atoms with van der Waals surface area (Å²) >= 11 is 0. The van der Waals surface area contributed by atoms with Crippen molar-refractivity contribution in [2.45, 2.75) is 31.8 Å². The van der Waals surface area contributed by atoms with Gasteiger partial charge in [0.1, 0.15) is 0 Å². The van der Waals surface area contributed by atoms with E-state index >= 15 is 0 Å². The zero-order valence-electron chi connectivity index (χ0n) is 13.1. The third-order valence-corrected chi connectivity index (χ3v) is 3.87. The van der Waals surface area contributed by atoms with Crippen LogP contribution in [-0.2, 0) is 4.79 Å². The fourth-order valence-electron chi connectivity index (χ4n) is 2.50. The third kappa shape index (κ3) is 6.77. The monoisotopic (exact) mass is 301 g/mol. The van der Waals surface area contributed by atoms with Crippen molar-refractivity contribution in [2.24, 2.45) is 5.92 Å². The minimum atomic E-state index is -1.43. The molecule has 0 aliphatic carbocycles. The lowest BCUT2D eigenvalue weighted by Crippen LogP contribution is -2.47. The van der Waals surface area contributed by atoms with E-state index in [1.807, 2.05) is 0 Å². The van der Waals surface area contributed by atoms with Crippen molar-refractivity contribution in [1.82, 2.24) is 15.1 Å². The van der Waals surface area contributed by atoms with E-state index in [9.17, 15) is 14.7 Å². The number of carboxylic acids is 1. The van der Waals surface area contributed by atoms with Crippen LogP contribution in [0.4, 0.5) is 4.79 Å². The van der Waals surface area contributed by atoms with E-state index in [4.69, 9.17) is 5.11 Å². The fraction of sp³-hybridized carbons (Fsp3) is 0.857. The van der Waals surface area contributed by atoms with Gasteiger partial charge in [0.25, 0.3) is 0 Å². The molecule has 2 amide bonds. The molecule has 1 aliphatic heterocycles. The number of carboxylic acid groups (broad SMARTS) is 1. The average Bonchev–Trinajstić information content (AvgIpc) is 2.37. The predicted molar refractivity (Wildman–Crippen MR) is 79.1 cm³/mol. The van der Waals surface area contributed by atoms with Crippen LogP contribution in [0.2, 0.25) is 0 Å². The number of hydrogen-bond acceptors (Lipinski definition) is 4. The Morgan fingerprint density at radius 3 is 2.48 bits per heavy atom. The number of rotatable bonds is 6. The maximum absolute atomic E-state index is 12.0. The van der Waals surface area contributed by atoms with Gasteiger partial charge in [0.05, 0.1) is 12.0 Å². The summed E-state index contributed by atoms with van der Waals surface area (Å²) in [5, 5.41) is 21.1. The Bertz CT molecular complexity index is 365. The number of aliphatic hydroxyl groups is 1. The van der Waals surface area contributed by atoms with E-state index in [2.05, 4.69) is 17.3 Å². The molecule has 7 heteroatoms. The second-order valence-corrected chi connectivity index (χ2v) is 6.35. The van der Waals surface area contributed by atoms with Gasteiger partial charge in [-0.15, -0.1) is 0 Å². The van der Waals surface area contributed by atoms with Gasteiger partial charge in [0.2, 0.25) is 0 Å². The van der Waals surface area contributed by atoms with Crippen molar-refractivity contribution in [3.05, 3.63) is 0 Å². The minimum absolute atomic E-state index is 0.0735. The predicted octanol–water partition coefficient (Wildman–Crippen LogP) is 0.195.